The number of hydrogen-bond acceptors (Lipinski definition) is 3. The molecule has 0 saturated carbocycles. The van der Waals surface area contributed by atoms with Gasteiger partial charge in [-0.1, -0.05) is 13.8 Å². The fourth-order valence-corrected chi connectivity index (χ4v) is 2.20. The molecule has 1 heterocycles. The Kier molecular flexibility index (Phi) is 5.80. The van der Waals surface area contributed by atoms with Gasteiger partial charge in [-0.05, 0) is 26.2 Å². The SMILES string of the molecule is CCOCC(NC(=O)N1CCC(C)(C(=O)O)C1)C(C)C. The molecule has 1 aliphatic heterocycles. The third-order valence-corrected chi connectivity index (χ3v) is 3.89. The minimum atomic E-state index is -0.845. The Morgan fingerprint density at radius 1 is 1.45 bits per heavy atom. The molecule has 1 aliphatic rings. The van der Waals surface area contributed by atoms with Crippen molar-refractivity contribution in [2.45, 2.75) is 40.2 Å². The zero-order chi connectivity index (χ0) is 15.3. The van der Waals surface area contributed by atoms with Crippen LogP contribution in [0.2, 0.25) is 0 Å². The number of carboxylic acids is 1. The van der Waals surface area contributed by atoms with Crippen LogP contribution in [0.3, 0.4) is 0 Å². The van der Waals surface area contributed by atoms with Gasteiger partial charge in [-0.2, -0.15) is 0 Å². The standard InChI is InChI=1S/C14H26N2O4/c1-5-20-8-11(10(2)3)15-13(19)16-7-6-14(4,9-16)12(17)18/h10-11H,5-9H2,1-4H3,(H,15,19)(H,17,18). The largest absolute Gasteiger partial charge is 0.481 e. The lowest BCUT2D eigenvalue weighted by Crippen LogP contribution is -2.48. The number of rotatable bonds is 6. The molecular formula is C14H26N2O4. The lowest BCUT2D eigenvalue weighted by molar-refractivity contribution is -0.147. The van der Waals surface area contributed by atoms with Crippen molar-refractivity contribution in [3.63, 3.8) is 0 Å². The van der Waals surface area contributed by atoms with E-state index in [0.717, 1.165) is 0 Å². The van der Waals surface area contributed by atoms with E-state index in [4.69, 9.17) is 4.74 Å². The Morgan fingerprint density at radius 3 is 2.55 bits per heavy atom. The van der Waals surface area contributed by atoms with Gasteiger partial charge >= 0.3 is 12.0 Å². The first-order chi connectivity index (χ1) is 9.30. The zero-order valence-electron chi connectivity index (χ0n) is 12.8. The Bertz CT molecular complexity index is 359. The van der Waals surface area contributed by atoms with Crippen molar-refractivity contribution in [2.75, 3.05) is 26.3 Å². The summed E-state index contributed by atoms with van der Waals surface area (Å²) in [7, 11) is 0. The van der Waals surface area contributed by atoms with Crippen LogP contribution >= 0.6 is 0 Å². The van der Waals surface area contributed by atoms with E-state index < -0.39 is 11.4 Å². The van der Waals surface area contributed by atoms with Crippen LogP contribution in [0.15, 0.2) is 0 Å². The van der Waals surface area contributed by atoms with Gasteiger partial charge in [-0.25, -0.2) is 4.79 Å². The van der Waals surface area contributed by atoms with Crippen molar-refractivity contribution in [1.82, 2.24) is 10.2 Å². The number of carbonyl (C=O) groups excluding carboxylic acids is 1. The molecule has 0 aromatic rings. The predicted molar refractivity (Wildman–Crippen MR) is 75.6 cm³/mol. The summed E-state index contributed by atoms with van der Waals surface area (Å²) in [6, 6.07) is -0.257. The highest BCUT2D eigenvalue weighted by Crippen LogP contribution is 2.30. The third kappa shape index (κ3) is 4.10. The number of nitrogens with one attached hydrogen (secondary N) is 1. The van der Waals surface area contributed by atoms with E-state index in [9.17, 15) is 14.7 Å². The summed E-state index contributed by atoms with van der Waals surface area (Å²) in [5, 5.41) is 12.1. The maximum Gasteiger partial charge on any atom is 0.317 e. The normalized spacial score (nSPS) is 23.9. The van der Waals surface area contributed by atoms with Crippen LogP contribution in [0.25, 0.3) is 0 Å². The minimum absolute atomic E-state index is 0.0564. The maximum atomic E-state index is 12.2. The molecule has 0 aromatic carbocycles. The summed E-state index contributed by atoms with van der Waals surface area (Å²) in [5.74, 6) is -0.582. The van der Waals surface area contributed by atoms with Crippen molar-refractivity contribution < 1.29 is 19.4 Å². The van der Waals surface area contributed by atoms with Crippen LogP contribution in [0.5, 0.6) is 0 Å². The molecule has 2 N–H and O–H groups in total. The quantitative estimate of drug-likeness (QED) is 0.776. The highest BCUT2D eigenvalue weighted by Gasteiger charge is 2.42. The van der Waals surface area contributed by atoms with E-state index in [1.807, 2.05) is 20.8 Å². The lowest BCUT2D eigenvalue weighted by atomic mass is 9.90. The molecule has 20 heavy (non-hydrogen) atoms. The van der Waals surface area contributed by atoms with Crippen LogP contribution in [0.4, 0.5) is 4.79 Å². The number of likely N-dealkylation sites (tertiary alicyclic amines) is 1. The summed E-state index contributed by atoms with van der Waals surface area (Å²) >= 11 is 0. The van der Waals surface area contributed by atoms with Gasteiger partial charge in [0.25, 0.3) is 0 Å². The molecule has 116 valence electrons. The first kappa shape index (κ1) is 16.8. The fourth-order valence-electron chi connectivity index (χ4n) is 2.20. The van der Waals surface area contributed by atoms with E-state index in [1.54, 1.807) is 11.8 Å². The van der Waals surface area contributed by atoms with Gasteiger partial charge in [0.2, 0.25) is 0 Å². The highest BCUT2D eigenvalue weighted by atomic mass is 16.5. The molecular weight excluding hydrogens is 260 g/mol. The van der Waals surface area contributed by atoms with Crippen LogP contribution in [0, 0.1) is 11.3 Å². The average Bonchev–Trinajstić information content (AvgIpc) is 2.78. The summed E-state index contributed by atoms with van der Waals surface area (Å²) in [4.78, 5) is 25.0. The molecule has 2 unspecified atom stereocenters. The topological polar surface area (TPSA) is 78.9 Å². The van der Waals surface area contributed by atoms with E-state index in [2.05, 4.69) is 5.32 Å². The summed E-state index contributed by atoms with van der Waals surface area (Å²) in [5.41, 5.74) is -0.829. The van der Waals surface area contributed by atoms with Crippen molar-refractivity contribution >= 4 is 12.0 Å². The maximum absolute atomic E-state index is 12.2. The predicted octanol–water partition coefficient (Wildman–Crippen LogP) is 1.55. The molecule has 0 aromatic heterocycles. The van der Waals surface area contributed by atoms with Crippen molar-refractivity contribution in [1.29, 1.82) is 0 Å². The van der Waals surface area contributed by atoms with Gasteiger partial charge in [0.1, 0.15) is 0 Å². The van der Waals surface area contributed by atoms with E-state index in [-0.39, 0.29) is 24.5 Å². The lowest BCUT2D eigenvalue weighted by Gasteiger charge is -2.26. The van der Waals surface area contributed by atoms with Crippen LogP contribution < -0.4 is 5.32 Å². The van der Waals surface area contributed by atoms with Crippen LogP contribution in [-0.4, -0.2) is 54.4 Å². The monoisotopic (exact) mass is 286 g/mol. The van der Waals surface area contributed by atoms with Crippen molar-refractivity contribution in [3.8, 4) is 0 Å². The number of hydrogen-bond donors (Lipinski definition) is 2. The molecule has 6 heteroatoms. The Labute approximate surface area is 120 Å². The number of nitrogens with zero attached hydrogens (tertiary/aromatic N) is 1. The second kappa shape index (κ2) is 6.92. The van der Waals surface area contributed by atoms with Crippen molar-refractivity contribution in [2.24, 2.45) is 11.3 Å². The number of carboxylic acid groups (broad SMARTS) is 1. The Balaban J connectivity index is 2.56. The van der Waals surface area contributed by atoms with Gasteiger partial charge in [-0.15, -0.1) is 0 Å². The molecule has 1 saturated heterocycles. The van der Waals surface area contributed by atoms with E-state index in [0.29, 0.717) is 26.2 Å². The highest BCUT2D eigenvalue weighted by molar-refractivity contribution is 5.79. The second-order valence-electron chi connectivity index (χ2n) is 6.00. The van der Waals surface area contributed by atoms with Gasteiger partial charge in [0, 0.05) is 19.7 Å². The Hall–Kier alpha value is -1.30. The minimum Gasteiger partial charge on any atom is -0.481 e. The summed E-state index contributed by atoms with van der Waals surface area (Å²) < 4.78 is 5.37. The van der Waals surface area contributed by atoms with Crippen molar-refractivity contribution in [3.05, 3.63) is 0 Å². The second-order valence-corrected chi connectivity index (χ2v) is 6.00. The molecule has 2 amide bonds. The molecule has 0 radical (unpaired) electrons. The number of aliphatic carboxylic acids is 1. The fraction of sp³-hybridized carbons (Fsp3) is 0.857. The van der Waals surface area contributed by atoms with Crippen LogP contribution in [0.1, 0.15) is 34.1 Å². The van der Waals surface area contributed by atoms with Gasteiger partial charge in [0.15, 0.2) is 0 Å². The first-order valence-corrected chi connectivity index (χ1v) is 7.16. The van der Waals surface area contributed by atoms with E-state index >= 15 is 0 Å². The summed E-state index contributed by atoms with van der Waals surface area (Å²) in [6.07, 6.45) is 0.494. The summed E-state index contributed by atoms with van der Waals surface area (Å²) in [6.45, 7) is 9.47. The molecule has 0 spiro atoms. The van der Waals surface area contributed by atoms with Gasteiger partial charge < -0.3 is 20.1 Å². The Morgan fingerprint density at radius 2 is 2.10 bits per heavy atom. The molecule has 1 rings (SSSR count). The van der Waals surface area contributed by atoms with E-state index in [1.165, 1.54) is 0 Å². The molecule has 6 nitrogen and oxygen atoms in total. The average molecular weight is 286 g/mol. The molecule has 0 bridgehead atoms. The van der Waals surface area contributed by atoms with Crippen LogP contribution in [-0.2, 0) is 9.53 Å². The number of ether oxygens (including phenoxy) is 1. The molecule has 2 atom stereocenters. The zero-order valence-corrected chi connectivity index (χ0v) is 12.8. The number of amides is 2. The van der Waals surface area contributed by atoms with Gasteiger partial charge in [0.05, 0.1) is 18.1 Å². The smallest absolute Gasteiger partial charge is 0.317 e. The number of carbonyl (C=O) groups is 2. The molecule has 0 aliphatic carbocycles. The number of urea groups is 1. The van der Waals surface area contributed by atoms with Gasteiger partial charge in [-0.3, -0.25) is 4.79 Å². The molecule has 1 fully saturated rings. The third-order valence-electron chi connectivity index (χ3n) is 3.89. The first-order valence-electron chi connectivity index (χ1n) is 7.16.